The van der Waals surface area contributed by atoms with Gasteiger partial charge in [0, 0.05) is 0 Å². The topological polar surface area (TPSA) is 0 Å². The molecule has 0 fully saturated rings. The normalized spacial score (nSPS) is 8.92. The molecule has 0 unspecified atom stereocenters. The van der Waals surface area contributed by atoms with E-state index in [1.165, 1.54) is 11.1 Å². The molecule has 0 radical (unpaired) electrons. The summed E-state index contributed by atoms with van der Waals surface area (Å²) in [7, 11) is 0. The summed E-state index contributed by atoms with van der Waals surface area (Å²) in [5, 5.41) is 0. The van der Waals surface area contributed by atoms with Gasteiger partial charge in [0.2, 0.25) is 0 Å². The molecule has 0 aliphatic heterocycles. The van der Waals surface area contributed by atoms with E-state index in [-0.39, 0.29) is 51.4 Å². The second-order valence-electron chi connectivity index (χ2n) is 2.73. The Kier molecular flexibility index (Phi) is 4.92. The summed E-state index contributed by atoms with van der Waals surface area (Å²) in [5.41, 5.74) is 2.55. The molecule has 0 saturated heterocycles. The molecule has 58 valence electrons. The zero-order valence-electron chi connectivity index (χ0n) is 7.77. The van der Waals surface area contributed by atoms with Crippen molar-refractivity contribution < 1.29 is 51.4 Å². The van der Waals surface area contributed by atoms with Gasteiger partial charge in [-0.3, -0.25) is 0 Å². The van der Waals surface area contributed by atoms with Crippen LogP contribution in [0.3, 0.4) is 0 Å². The van der Waals surface area contributed by atoms with Gasteiger partial charge < -0.3 is 0 Å². The van der Waals surface area contributed by atoms with Crippen molar-refractivity contribution in [3.8, 4) is 11.1 Å². The molecular formula is C12H10K+. The minimum Gasteiger partial charge on any atom is -0.0622 e. The van der Waals surface area contributed by atoms with Crippen LogP contribution in [-0.4, -0.2) is 0 Å². The maximum absolute atomic E-state index is 2.12. The van der Waals surface area contributed by atoms with Crippen molar-refractivity contribution in [1.29, 1.82) is 0 Å². The second kappa shape index (κ2) is 5.73. The molecule has 0 amide bonds. The molecule has 0 aliphatic rings. The standard InChI is InChI=1S/C12H10.K/c1-3-7-11(8-4-1)12-9-5-2-6-10-12;/h1-10H;/q;+1. The van der Waals surface area contributed by atoms with Crippen LogP contribution < -0.4 is 51.4 Å². The predicted octanol–water partition coefficient (Wildman–Crippen LogP) is 0.358. The van der Waals surface area contributed by atoms with Crippen molar-refractivity contribution in [2.75, 3.05) is 0 Å². The van der Waals surface area contributed by atoms with E-state index < -0.39 is 0 Å². The fourth-order valence-electron chi connectivity index (χ4n) is 1.26. The van der Waals surface area contributed by atoms with E-state index in [0.717, 1.165) is 0 Å². The van der Waals surface area contributed by atoms with Gasteiger partial charge in [0.15, 0.2) is 0 Å². The molecule has 0 heterocycles. The molecule has 1 heteroatoms. The Morgan fingerprint density at radius 3 is 1.08 bits per heavy atom. The van der Waals surface area contributed by atoms with Gasteiger partial charge in [-0.15, -0.1) is 0 Å². The first-order chi connectivity index (χ1) is 5.97. The summed E-state index contributed by atoms with van der Waals surface area (Å²) >= 11 is 0. The molecule has 13 heavy (non-hydrogen) atoms. The Balaban J connectivity index is 0.000000845. The SMILES string of the molecule is [K+].c1ccc(-c2ccccc2)cc1. The zero-order valence-corrected chi connectivity index (χ0v) is 10.9. The summed E-state index contributed by atoms with van der Waals surface area (Å²) in [6.45, 7) is 0. The van der Waals surface area contributed by atoms with Crippen molar-refractivity contribution in [2.24, 2.45) is 0 Å². The van der Waals surface area contributed by atoms with Crippen molar-refractivity contribution >= 4 is 0 Å². The van der Waals surface area contributed by atoms with Crippen LogP contribution in [0.5, 0.6) is 0 Å². The van der Waals surface area contributed by atoms with E-state index in [1.54, 1.807) is 0 Å². The van der Waals surface area contributed by atoms with Gasteiger partial charge in [-0.2, -0.15) is 0 Å². The first-order valence-corrected chi connectivity index (χ1v) is 4.07. The zero-order chi connectivity index (χ0) is 8.23. The number of benzene rings is 2. The minimum atomic E-state index is 0. The van der Waals surface area contributed by atoms with Gasteiger partial charge in [0.05, 0.1) is 0 Å². The Morgan fingerprint density at radius 2 is 0.769 bits per heavy atom. The van der Waals surface area contributed by atoms with Crippen LogP contribution in [-0.2, 0) is 0 Å². The second-order valence-corrected chi connectivity index (χ2v) is 2.73. The Morgan fingerprint density at radius 1 is 0.462 bits per heavy atom. The summed E-state index contributed by atoms with van der Waals surface area (Å²) in [6, 6.07) is 20.8. The average Bonchev–Trinajstić information content (AvgIpc) is 2.21. The molecule has 2 rings (SSSR count). The smallest absolute Gasteiger partial charge is 0.0622 e. The van der Waals surface area contributed by atoms with E-state index in [0.29, 0.717) is 0 Å². The average molecular weight is 193 g/mol. The third-order valence-electron chi connectivity index (χ3n) is 1.88. The Labute approximate surface area is 121 Å². The van der Waals surface area contributed by atoms with Gasteiger partial charge in [-0.05, 0) is 11.1 Å². The molecule has 0 nitrogen and oxygen atoms in total. The maximum atomic E-state index is 2.12. The Bertz CT molecular complexity index is 303. The summed E-state index contributed by atoms with van der Waals surface area (Å²) in [4.78, 5) is 0. The van der Waals surface area contributed by atoms with Crippen LogP contribution >= 0.6 is 0 Å². The molecular weight excluding hydrogens is 183 g/mol. The molecule has 0 spiro atoms. The quantitative estimate of drug-likeness (QED) is 0.574. The number of rotatable bonds is 1. The van der Waals surface area contributed by atoms with Gasteiger partial charge in [-0.25, -0.2) is 0 Å². The van der Waals surface area contributed by atoms with E-state index in [4.69, 9.17) is 0 Å². The first kappa shape index (κ1) is 11.2. The summed E-state index contributed by atoms with van der Waals surface area (Å²) in [6.07, 6.45) is 0. The van der Waals surface area contributed by atoms with E-state index in [2.05, 4.69) is 48.5 Å². The minimum absolute atomic E-state index is 0. The van der Waals surface area contributed by atoms with Crippen molar-refractivity contribution in [3.63, 3.8) is 0 Å². The monoisotopic (exact) mass is 193 g/mol. The number of hydrogen-bond acceptors (Lipinski definition) is 0. The predicted molar refractivity (Wildman–Crippen MR) is 51.9 cm³/mol. The number of hydrogen-bond donors (Lipinski definition) is 0. The van der Waals surface area contributed by atoms with Crippen LogP contribution in [0.2, 0.25) is 0 Å². The molecule has 0 aliphatic carbocycles. The molecule has 0 atom stereocenters. The van der Waals surface area contributed by atoms with Gasteiger partial charge in [0.1, 0.15) is 0 Å². The van der Waals surface area contributed by atoms with Crippen molar-refractivity contribution in [1.82, 2.24) is 0 Å². The van der Waals surface area contributed by atoms with Gasteiger partial charge in [-0.1, -0.05) is 60.7 Å². The van der Waals surface area contributed by atoms with Crippen molar-refractivity contribution in [2.45, 2.75) is 0 Å². The van der Waals surface area contributed by atoms with Crippen LogP contribution in [0, 0.1) is 0 Å². The summed E-state index contributed by atoms with van der Waals surface area (Å²) < 4.78 is 0. The third kappa shape index (κ3) is 3.04. The van der Waals surface area contributed by atoms with Crippen molar-refractivity contribution in [3.05, 3.63) is 60.7 Å². The van der Waals surface area contributed by atoms with E-state index >= 15 is 0 Å². The molecule has 0 saturated carbocycles. The van der Waals surface area contributed by atoms with Crippen LogP contribution in [0.1, 0.15) is 0 Å². The van der Waals surface area contributed by atoms with Gasteiger partial charge in [0.25, 0.3) is 0 Å². The molecule has 0 N–H and O–H groups in total. The molecule has 2 aromatic carbocycles. The largest absolute Gasteiger partial charge is 1.00 e. The molecule has 0 aromatic heterocycles. The first-order valence-electron chi connectivity index (χ1n) is 4.07. The van der Waals surface area contributed by atoms with Crippen LogP contribution in [0.25, 0.3) is 11.1 Å². The molecule has 2 aromatic rings. The fourth-order valence-corrected chi connectivity index (χ4v) is 1.26. The van der Waals surface area contributed by atoms with E-state index in [1.807, 2.05) is 12.1 Å². The van der Waals surface area contributed by atoms with Crippen LogP contribution in [0.15, 0.2) is 60.7 Å². The van der Waals surface area contributed by atoms with E-state index in [9.17, 15) is 0 Å². The fraction of sp³-hybridized carbons (Fsp3) is 0. The maximum Gasteiger partial charge on any atom is 1.00 e. The Hall–Kier alpha value is 0.0764. The third-order valence-corrected chi connectivity index (χ3v) is 1.88. The van der Waals surface area contributed by atoms with Gasteiger partial charge >= 0.3 is 51.4 Å². The molecule has 0 bridgehead atoms. The van der Waals surface area contributed by atoms with Crippen LogP contribution in [0.4, 0.5) is 0 Å². The summed E-state index contributed by atoms with van der Waals surface area (Å²) in [5.74, 6) is 0.